The number of nitrogens with zero attached hydrogens (tertiary/aromatic N) is 4. The van der Waals surface area contributed by atoms with Gasteiger partial charge in [-0.25, -0.2) is 9.97 Å². The largest absolute Gasteiger partial charge is 0.389 e. The molecular weight excluding hydrogens is 280 g/mol. The number of ether oxygens (including phenoxy) is 1. The standard InChI is InChI=1S/C16H26N4O2/c1-12-9-13(2)18-16(17-12)19-5-3-14(4-6-19)20-7-8-22-11-15(21)10-20/h9,14-15,21H,3-8,10-11H2,1-2H3/t15-/m0/s1. The van der Waals surface area contributed by atoms with E-state index in [0.29, 0.717) is 12.6 Å². The molecule has 6 heteroatoms. The number of aliphatic hydroxyl groups excluding tert-OH is 1. The van der Waals surface area contributed by atoms with Gasteiger partial charge in [0.25, 0.3) is 0 Å². The van der Waals surface area contributed by atoms with Crippen LogP contribution in [0.2, 0.25) is 0 Å². The first kappa shape index (κ1) is 15.6. The lowest BCUT2D eigenvalue weighted by Gasteiger charge is -2.38. The van der Waals surface area contributed by atoms with Crippen LogP contribution in [0.3, 0.4) is 0 Å². The number of aromatic nitrogens is 2. The molecule has 0 saturated carbocycles. The second kappa shape index (κ2) is 6.89. The zero-order chi connectivity index (χ0) is 15.5. The predicted molar refractivity (Wildman–Crippen MR) is 85.1 cm³/mol. The third-order valence-electron chi connectivity index (χ3n) is 4.51. The highest BCUT2D eigenvalue weighted by Crippen LogP contribution is 2.21. The summed E-state index contributed by atoms with van der Waals surface area (Å²) in [5, 5.41) is 9.88. The van der Waals surface area contributed by atoms with Gasteiger partial charge in [0, 0.05) is 43.6 Å². The highest BCUT2D eigenvalue weighted by Gasteiger charge is 2.28. The molecule has 2 saturated heterocycles. The van der Waals surface area contributed by atoms with E-state index in [9.17, 15) is 5.11 Å². The number of piperidine rings is 1. The van der Waals surface area contributed by atoms with Crippen LogP contribution < -0.4 is 4.90 Å². The van der Waals surface area contributed by atoms with Crippen LogP contribution >= 0.6 is 0 Å². The van der Waals surface area contributed by atoms with E-state index in [2.05, 4.69) is 19.8 Å². The molecule has 2 aliphatic heterocycles. The third kappa shape index (κ3) is 3.74. The Morgan fingerprint density at radius 3 is 2.50 bits per heavy atom. The topological polar surface area (TPSA) is 61.7 Å². The minimum atomic E-state index is -0.358. The van der Waals surface area contributed by atoms with Gasteiger partial charge in [0.15, 0.2) is 0 Å². The minimum absolute atomic E-state index is 0.358. The van der Waals surface area contributed by atoms with Gasteiger partial charge in [0.2, 0.25) is 5.95 Å². The fourth-order valence-corrected chi connectivity index (χ4v) is 3.43. The number of hydrogen-bond donors (Lipinski definition) is 1. The van der Waals surface area contributed by atoms with Gasteiger partial charge in [-0.05, 0) is 32.8 Å². The van der Waals surface area contributed by atoms with Crippen molar-refractivity contribution in [3.8, 4) is 0 Å². The van der Waals surface area contributed by atoms with Crippen molar-refractivity contribution in [2.75, 3.05) is 44.3 Å². The van der Waals surface area contributed by atoms with Crippen LogP contribution in [-0.4, -0.2) is 71.5 Å². The molecule has 0 radical (unpaired) electrons. The summed E-state index contributed by atoms with van der Waals surface area (Å²) in [5.41, 5.74) is 2.05. The highest BCUT2D eigenvalue weighted by atomic mass is 16.5. The van der Waals surface area contributed by atoms with Crippen LogP contribution in [0.1, 0.15) is 24.2 Å². The molecule has 122 valence electrons. The maximum Gasteiger partial charge on any atom is 0.225 e. The molecule has 0 spiro atoms. The molecule has 6 nitrogen and oxygen atoms in total. The molecule has 1 aromatic rings. The lowest BCUT2D eigenvalue weighted by molar-refractivity contribution is 0.0534. The molecule has 2 fully saturated rings. The number of rotatable bonds is 2. The Bertz CT molecular complexity index is 483. The summed E-state index contributed by atoms with van der Waals surface area (Å²) in [6.45, 7) is 8.81. The van der Waals surface area contributed by atoms with E-state index in [4.69, 9.17) is 4.74 Å². The molecule has 1 atom stereocenters. The highest BCUT2D eigenvalue weighted by molar-refractivity contribution is 5.32. The van der Waals surface area contributed by atoms with Gasteiger partial charge in [-0.3, -0.25) is 4.90 Å². The molecule has 0 amide bonds. The Morgan fingerprint density at radius 1 is 1.14 bits per heavy atom. The van der Waals surface area contributed by atoms with E-state index < -0.39 is 0 Å². The van der Waals surface area contributed by atoms with Crippen molar-refractivity contribution in [2.45, 2.75) is 38.8 Å². The lowest BCUT2D eigenvalue weighted by atomic mass is 10.0. The van der Waals surface area contributed by atoms with Gasteiger partial charge in [0.05, 0.1) is 19.3 Å². The molecule has 1 N–H and O–H groups in total. The fraction of sp³-hybridized carbons (Fsp3) is 0.750. The second-order valence-corrected chi connectivity index (χ2v) is 6.39. The molecule has 3 rings (SSSR count). The molecule has 0 aliphatic carbocycles. The maximum absolute atomic E-state index is 9.88. The van der Waals surface area contributed by atoms with Crippen molar-refractivity contribution in [2.24, 2.45) is 0 Å². The molecular formula is C16H26N4O2. The summed E-state index contributed by atoms with van der Waals surface area (Å²) in [7, 11) is 0. The first-order valence-electron chi connectivity index (χ1n) is 8.19. The van der Waals surface area contributed by atoms with E-state index in [1.807, 2.05) is 19.9 Å². The van der Waals surface area contributed by atoms with Crippen molar-refractivity contribution >= 4 is 5.95 Å². The van der Waals surface area contributed by atoms with Gasteiger partial charge in [0.1, 0.15) is 0 Å². The van der Waals surface area contributed by atoms with Crippen molar-refractivity contribution in [1.82, 2.24) is 14.9 Å². The van der Waals surface area contributed by atoms with Gasteiger partial charge < -0.3 is 14.7 Å². The van der Waals surface area contributed by atoms with Gasteiger partial charge in [-0.1, -0.05) is 0 Å². The first-order chi connectivity index (χ1) is 10.6. The van der Waals surface area contributed by atoms with Crippen molar-refractivity contribution in [3.63, 3.8) is 0 Å². The third-order valence-corrected chi connectivity index (χ3v) is 4.51. The Hall–Kier alpha value is -1.24. The lowest BCUT2D eigenvalue weighted by Crippen LogP contribution is -2.47. The summed E-state index contributed by atoms with van der Waals surface area (Å²) in [5.74, 6) is 0.857. The Morgan fingerprint density at radius 2 is 1.82 bits per heavy atom. The zero-order valence-electron chi connectivity index (χ0n) is 13.5. The zero-order valence-corrected chi connectivity index (χ0v) is 13.5. The molecule has 1 aromatic heterocycles. The number of aryl methyl sites for hydroxylation is 2. The van der Waals surface area contributed by atoms with Crippen LogP contribution in [-0.2, 0) is 4.74 Å². The van der Waals surface area contributed by atoms with Crippen LogP contribution in [0.15, 0.2) is 6.07 Å². The molecule has 0 bridgehead atoms. The summed E-state index contributed by atoms with van der Waals surface area (Å²) in [6.07, 6.45) is 1.81. The van der Waals surface area contributed by atoms with Crippen LogP contribution in [0, 0.1) is 13.8 Å². The summed E-state index contributed by atoms with van der Waals surface area (Å²) in [6, 6.07) is 2.54. The molecule has 22 heavy (non-hydrogen) atoms. The van der Waals surface area contributed by atoms with Crippen LogP contribution in [0.5, 0.6) is 0 Å². The molecule has 0 unspecified atom stereocenters. The predicted octanol–water partition coefficient (Wildman–Crippen LogP) is 0.755. The molecule has 3 heterocycles. The summed E-state index contributed by atoms with van der Waals surface area (Å²) >= 11 is 0. The van der Waals surface area contributed by atoms with Gasteiger partial charge in [-0.2, -0.15) is 0 Å². The van der Waals surface area contributed by atoms with E-state index in [-0.39, 0.29) is 6.10 Å². The normalized spacial score (nSPS) is 25.2. The molecule has 2 aliphatic rings. The summed E-state index contributed by atoms with van der Waals surface area (Å²) < 4.78 is 5.42. The van der Waals surface area contributed by atoms with Crippen molar-refractivity contribution in [1.29, 1.82) is 0 Å². The Kier molecular flexibility index (Phi) is 4.90. The Balaban J connectivity index is 1.60. The fourth-order valence-electron chi connectivity index (χ4n) is 3.43. The minimum Gasteiger partial charge on any atom is -0.389 e. The quantitative estimate of drug-likeness (QED) is 0.870. The second-order valence-electron chi connectivity index (χ2n) is 6.39. The maximum atomic E-state index is 9.88. The monoisotopic (exact) mass is 306 g/mol. The average Bonchev–Trinajstić information content (AvgIpc) is 2.71. The molecule has 0 aromatic carbocycles. The van der Waals surface area contributed by atoms with E-state index >= 15 is 0 Å². The van der Waals surface area contributed by atoms with E-state index in [0.717, 1.165) is 63.0 Å². The average molecular weight is 306 g/mol. The Labute approximate surface area is 132 Å². The van der Waals surface area contributed by atoms with Crippen LogP contribution in [0.4, 0.5) is 5.95 Å². The van der Waals surface area contributed by atoms with Gasteiger partial charge in [-0.15, -0.1) is 0 Å². The number of hydrogen-bond acceptors (Lipinski definition) is 6. The number of aliphatic hydroxyl groups is 1. The van der Waals surface area contributed by atoms with E-state index in [1.54, 1.807) is 0 Å². The smallest absolute Gasteiger partial charge is 0.225 e. The SMILES string of the molecule is Cc1cc(C)nc(N2CCC(N3CCOC[C@@H](O)C3)CC2)n1. The number of β-amino-alcohol motifs (C(OH)–C–C–N with tert-alkyl or cyclic N) is 1. The van der Waals surface area contributed by atoms with Crippen molar-refractivity contribution in [3.05, 3.63) is 17.5 Å². The van der Waals surface area contributed by atoms with Gasteiger partial charge >= 0.3 is 0 Å². The number of anilines is 1. The van der Waals surface area contributed by atoms with Crippen LogP contribution in [0.25, 0.3) is 0 Å². The first-order valence-corrected chi connectivity index (χ1v) is 8.19. The summed E-state index contributed by atoms with van der Waals surface area (Å²) in [4.78, 5) is 13.8. The van der Waals surface area contributed by atoms with E-state index in [1.165, 1.54) is 0 Å². The van der Waals surface area contributed by atoms with Crippen molar-refractivity contribution < 1.29 is 9.84 Å².